The van der Waals surface area contributed by atoms with Crippen LogP contribution in [-0.4, -0.2) is 41.6 Å². The molecular weight excluding hydrogens is 286 g/mol. The number of ether oxygens (including phenoxy) is 2. The summed E-state index contributed by atoms with van der Waals surface area (Å²) in [6.07, 6.45) is 1.49. The van der Waals surface area contributed by atoms with Gasteiger partial charge in [-0.3, -0.25) is 0 Å². The van der Waals surface area contributed by atoms with E-state index in [1.165, 1.54) is 0 Å². The molecule has 0 radical (unpaired) electrons. The summed E-state index contributed by atoms with van der Waals surface area (Å²) in [7, 11) is 0. The molecule has 2 heterocycles. The van der Waals surface area contributed by atoms with Crippen molar-refractivity contribution in [2.24, 2.45) is 0 Å². The first kappa shape index (κ1) is 14.9. The second kappa shape index (κ2) is 6.40. The molecule has 1 unspecified atom stereocenters. The second-order valence-corrected chi connectivity index (χ2v) is 6.52. The number of aliphatic hydroxyl groups is 1. The molecular formula is C16H21NO3S. The molecule has 1 N–H and O–H groups in total. The van der Waals surface area contributed by atoms with E-state index < -0.39 is 11.7 Å². The summed E-state index contributed by atoms with van der Waals surface area (Å²) < 4.78 is 12.5. The second-order valence-electron chi connectivity index (χ2n) is 5.41. The largest absolute Gasteiger partial charge is 0.390 e. The molecule has 3 rings (SSSR count). The van der Waals surface area contributed by atoms with Gasteiger partial charge in [-0.1, -0.05) is 12.1 Å². The van der Waals surface area contributed by atoms with Crippen LogP contribution >= 0.6 is 11.3 Å². The van der Waals surface area contributed by atoms with Crippen molar-refractivity contribution in [2.45, 2.75) is 37.9 Å². The normalized spacial score (nSPS) is 19.7. The van der Waals surface area contributed by atoms with E-state index in [-0.39, 0.29) is 0 Å². The number of hydrogen-bond donors (Lipinski definition) is 1. The van der Waals surface area contributed by atoms with E-state index in [1.807, 2.05) is 25.1 Å². The molecule has 0 amide bonds. The monoisotopic (exact) mass is 307 g/mol. The Morgan fingerprint density at radius 3 is 2.86 bits per heavy atom. The van der Waals surface area contributed by atoms with Crippen LogP contribution in [0.3, 0.4) is 0 Å². The van der Waals surface area contributed by atoms with Crippen LogP contribution in [0.15, 0.2) is 24.3 Å². The maximum absolute atomic E-state index is 10.7. The smallest absolute Gasteiger partial charge is 0.0987 e. The Hall–Kier alpha value is -1.01. The molecule has 1 aromatic heterocycles. The third-order valence-electron chi connectivity index (χ3n) is 4.08. The van der Waals surface area contributed by atoms with Crippen LogP contribution in [0, 0.1) is 0 Å². The SMILES string of the molecule is CCOC1(C(O)Cc2nc3ccccc3s2)CCOCC1. The number of fused-ring (bicyclic) bond motifs is 1. The number of aromatic nitrogens is 1. The molecule has 1 fully saturated rings. The Bertz CT molecular complexity index is 553. The maximum Gasteiger partial charge on any atom is 0.0987 e. The van der Waals surface area contributed by atoms with E-state index >= 15 is 0 Å². The van der Waals surface area contributed by atoms with Crippen LogP contribution in [0.1, 0.15) is 24.8 Å². The lowest BCUT2D eigenvalue weighted by atomic mass is 9.86. The highest BCUT2D eigenvalue weighted by Crippen LogP contribution is 2.32. The van der Waals surface area contributed by atoms with Crippen molar-refractivity contribution in [1.82, 2.24) is 4.98 Å². The van der Waals surface area contributed by atoms with Gasteiger partial charge in [0.15, 0.2) is 0 Å². The van der Waals surface area contributed by atoms with Crippen LogP contribution in [0.25, 0.3) is 10.2 Å². The number of rotatable bonds is 5. The van der Waals surface area contributed by atoms with Crippen LogP contribution in [0.4, 0.5) is 0 Å². The van der Waals surface area contributed by atoms with Crippen molar-refractivity contribution >= 4 is 21.6 Å². The van der Waals surface area contributed by atoms with Crippen LogP contribution in [-0.2, 0) is 15.9 Å². The van der Waals surface area contributed by atoms with Crippen molar-refractivity contribution in [2.75, 3.05) is 19.8 Å². The van der Waals surface area contributed by atoms with Crippen molar-refractivity contribution in [3.63, 3.8) is 0 Å². The molecule has 2 aromatic rings. The number of hydrogen-bond acceptors (Lipinski definition) is 5. The lowest BCUT2D eigenvalue weighted by molar-refractivity contribution is -0.165. The summed E-state index contributed by atoms with van der Waals surface area (Å²) in [5.41, 5.74) is 0.521. The van der Waals surface area contributed by atoms with Crippen molar-refractivity contribution in [1.29, 1.82) is 0 Å². The zero-order chi connectivity index (χ0) is 14.7. The highest BCUT2D eigenvalue weighted by Gasteiger charge is 2.40. The zero-order valence-corrected chi connectivity index (χ0v) is 13.1. The summed E-state index contributed by atoms with van der Waals surface area (Å²) in [5.74, 6) is 0. The Morgan fingerprint density at radius 1 is 1.38 bits per heavy atom. The fourth-order valence-electron chi connectivity index (χ4n) is 2.94. The van der Waals surface area contributed by atoms with Gasteiger partial charge in [0.1, 0.15) is 0 Å². The Balaban J connectivity index is 1.78. The fraction of sp³-hybridized carbons (Fsp3) is 0.562. The van der Waals surface area contributed by atoms with E-state index in [0.29, 0.717) is 26.2 Å². The Morgan fingerprint density at radius 2 is 2.14 bits per heavy atom. The topological polar surface area (TPSA) is 51.6 Å². The van der Waals surface area contributed by atoms with Crippen LogP contribution in [0.2, 0.25) is 0 Å². The number of thiazole rings is 1. The third kappa shape index (κ3) is 3.11. The van der Waals surface area contributed by atoms with Gasteiger partial charge < -0.3 is 14.6 Å². The number of para-hydroxylation sites is 1. The van der Waals surface area contributed by atoms with Gasteiger partial charge in [-0.15, -0.1) is 11.3 Å². The molecule has 1 aliphatic rings. The lowest BCUT2D eigenvalue weighted by Crippen LogP contribution is -2.50. The van der Waals surface area contributed by atoms with Crippen LogP contribution in [0.5, 0.6) is 0 Å². The summed E-state index contributed by atoms with van der Waals surface area (Å²) in [6, 6.07) is 8.08. The van der Waals surface area contributed by atoms with Crippen LogP contribution < -0.4 is 0 Å². The number of aliphatic hydroxyl groups excluding tert-OH is 1. The van der Waals surface area contributed by atoms with Crippen molar-refractivity contribution in [3.8, 4) is 0 Å². The molecule has 21 heavy (non-hydrogen) atoms. The molecule has 0 spiro atoms. The van der Waals surface area contributed by atoms with Gasteiger partial charge in [-0.2, -0.15) is 0 Å². The molecule has 114 valence electrons. The summed E-state index contributed by atoms with van der Waals surface area (Å²) in [4.78, 5) is 4.61. The summed E-state index contributed by atoms with van der Waals surface area (Å²) in [5, 5.41) is 11.7. The van der Waals surface area contributed by atoms with Gasteiger partial charge in [0, 0.05) is 39.1 Å². The number of nitrogens with zero attached hydrogens (tertiary/aromatic N) is 1. The average Bonchev–Trinajstić information content (AvgIpc) is 2.90. The highest BCUT2D eigenvalue weighted by molar-refractivity contribution is 7.18. The highest BCUT2D eigenvalue weighted by atomic mass is 32.1. The predicted octanol–water partition coefficient (Wildman–Crippen LogP) is 2.79. The van der Waals surface area contributed by atoms with E-state index in [1.54, 1.807) is 11.3 Å². The van der Waals surface area contributed by atoms with Crippen molar-refractivity contribution in [3.05, 3.63) is 29.3 Å². The van der Waals surface area contributed by atoms with Gasteiger partial charge in [0.25, 0.3) is 0 Å². The molecule has 5 heteroatoms. The molecule has 1 aliphatic heterocycles. The summed E-state index contributed by atoms with van der Waals surface area (Å²) >= 11 is 1.65. The quantitative estimate of drug-likeness (QED) is 0.923. The van der Waals surface area contributed by atoms with E-state index in [0.717, 1.165) is 28.1 Å². The average molecular weight is 307 g/mol. The molecule has 1 aromatic carbocycles. The Labute approximate surface area is 128 Å². The lowest BCUT2D eigenvalue weighted by Gasteiger charge is -2.40. The fourth-order valence-corrected chi connectivity index (χ4v) is 3.94. The summed E-state index contributed by atoms with van der Waals surface area (Å²) in [6.45, 7) is 3.88. The molecule has 1 atom stereocenters. The minimum absolute atomic E-state index is 0.481. The molecule has 0 bridgehead atoms. The standard InChI is InChI=1S/C16H21NO3S/c1-2-20-16(7-9-19-10-8-16)14(18)11-15-17-12-5-3-4-6-13(12)21-15/h3-6,14,18H,2,7-11H2,1H3. The molecule has 0 saturated carbocycles. The third-order valence-corrected chi connectivity index (χ3v) is 5.14. The maximum atomic E-state index is 10.7. The molecule has 4 nitrogen and oxygen atoms in total. The van der Waals surface area contributed by atoms with Gasteiger partial charge in [0.05, 0.1) is 26.9 Å². The minimum atomic E-state index is -0.540. The van der Waals surface area contributed by atoms with E-state index in [2.05, 4.69) is 11.1 Å². The predicted molar refractivity (Wildman–Crippen MR) is 83.7 cm³/mol. The van der Waals surface area contributed by atoms with Gasteiger partial charge in [0.2, 0.25) is 0 Å². The number of benzene rings is 1. The van der Waals surface area contributed by atoms with Gasteiger partial charge in [-0.05, 0) is 19.1 Å². The first-order valence-electron chi connectivity index (χ1n) is 7.48. The minimum Gasteiger partial charge on any atom is -0.390 e. The van der Waals surface area contributed by atoms with Crippen molar-refractivity contribution < 1.29 is 14.6 Å². The van der Waals surface area contributed by atoms with E-state index in [4.69, 9.17) is 9.47 Å². The van der Waals surface area contributed by atoms with Gasteiger partial charge in [-0.25, -0.2) is 4.98 Å². The molecule has 0 aliphatic carbocycles. The first-order chi connectivity index (χ1) is 10.2. The van der Waals surface area contributed by atoms with Gasteiger partial charge >= 0.3 is 0 Å². The molecule has 1 saturated heterocycles. The first-order valence-corrected chi connectivity index (χ1v) is 8.29. The van der Waals surface area contributed by atoms with E-state index in [9.17, 15) is 5.11 Å². The zero-order valence-electron chi connectivity index (χ0n) is 12.2. The Kier molecular flexibility index (Phi) is 4.54.